The Morgan fingerprint density at radius 1 is 1.20 bits per heavy atom. The molecule has 0 bridgehead atoms. The van der Waals surface area contributed by atoms with Crippen molar-refractivity contribution in [3.63, 3.8) is 0 Å². The van der Waals surface area contributed by atoms with Crippen molar-refractivity contribution in [1.29, 1.82) is 0 Å². The average Bonchev–Trinajstić information content (AvgIpc) is 3.30. The van der Waals surface area contributed by atoms with Crippen LogP contribution in [0.15, 0.2) is 42.7 Å². The van der Waals surface area contributed by atoms with E-state index in [2.05, 4.69) is 41.5 Å². The number of rotatable bonds is 4. The van der Waals surface area contributed by atoms with Gasteiger partial charge in [-0.3, -0.25) is 9.78 Å². The van der Waals surface area contributed by atoms with Gasteiger partial charge >= 0.3 is 0 Å². The van der Waals surface area contributed by atoms with Crippen LogP contribution in [0.1, 0.15) is 28.8 Å². The molecule has 3 nitrogen and oxygen atoms in total. The molecule has 1 N–H and O–H groups in total. The third-order valence-electron chi connectivity index (χ3n) is 3.63. The van der Waals surface area contributed by atoms with Gasteiger partial charge in [-0.2, -0.15) is 0 Å². The highest BCUT2D eigenvalue weighted by Crippen LogP contribution is 2.27. The van der Waals surface area contributed by atoms with Gasteiger partial charge in [0.2, 0.25) is 0 Å². The zero-order valence-electron chi connectivity index (χ0n) is 11.6. The zero-order chi connectivity index (χ0) is 13.9. The molecule has 3 rings (SSSR count). The predicted molar refractivity (Wildman–Crippen MR) is 79.5 cm³/mol. The molecular weight excluding hydrogens is 248 g/mol. The van der Waals surface area contributed by atoms with Gasteiger partial charge in [0.05, 0.1) is 5.56 Å². The Hall–Kier alpha value is -2.16. The first-order chi connectivity index (χ1) is 9.72. The number of pyridine rings is 1. The number of aryl methyl sites for hydroxylation is 1. The summed E-state index contributed by atoms with van der Waals surface area (Å²) in [6.45, 7) is 2.84. The molecular formula is C17H18N2O. The quantitative estimate of drug-likeness (QED) is 0.923. The van der Waals surface area contributed by atoms with E-state index in [9.17, 15) is 4.79 Å². The fraction of sp³-hybridized carbons (Fsp3) is 0.294. The molecule has 0 aliphatic heterocycles. The van der Waals surface area contributed by atoms with Crippen LogP contribution in [0.2, 0.25) is 0 Å². The molecule has 102 valence electrons. The molecule has 1 heterocycles. The molecule has 1 aliphatic carbocycles. The van der Waals surface area contributed by atoms with E-state index in [1.165, 1.54) is 18.4 Å². The molecule has 0 unspecified atom stereocenters. The van der Waals surface area contributed by atoms with Crippen molar-refractivity contribution in [3.8, 4) is 11.1 Å². The maximum Gasteiger partial charge on any atom is 0.252 e. The molecule has 0 radical (unpaired) electrons. The molecule has 1 fully saturated rings. The van der Waals surface area contributed by atoms with E-state index in [1.54, 1.807) is 12.4 Å². The van der Waals surface area contributed by atoms with E-state index in [1.807, 2.05) is 6.07 Å². The van der Waals surface area contributed by atoms with Crippen molar-refractivity contribution in [3.05, 3.63) is 53.9 Å². The Morgan fingerprint density at radius 3 is 2.65 bits per heavy atom. The van der Waals surface area contributed by atoms with Gasteiger partial charge < -0.3 is 5.32 Å². The number of aromatic nitrogens is 1. The highest BCUT2D eigenvalue weighted by molar-refractivity contribution is 5.95. The van der Waals surface area contributed by atoms with Crippen molar-refractivity contribution < 1.29 is 4.79 Å². The third kappa shape index (κ3) is 3.05. The van der Waals surface area contributed by atoms with E-state index in [-0.39, 0.29) is 5.91 Å². The lowest BCUT2D eigenvalue weighted by Gasteiger charge is -2.06. The molecule has 1 aliphatic rings. The molecule has 2 aromatic rings. The molecule has 1 saturated carbocycles. The van der Waals surface area contributed by atoms with Gasteiger partial charge in [0, 0.05) is 24.5 Å². The maximum absolute atomic E-state index is 12.1. The molecule has 0 saturated heterocycles. The van der Waals surface area contributed by atoms with Crippen molar-refractivity contribution in [2.24, 2.45) is 5.92 Å². The minimum atomic E-state index is -0.0293. The van der Waals surface area contributed by atoms with Gasteiger partial charge in [0.1, 0.15) is 0 Å². The molecule has 0 spiro atoms. The largest absolute Gasteiger partial charge is 0.352 e. The zero-order valence-corrected chi connectivity index (χ0v) is 11.6. The number of hydrogen-bond acceptors (Lipinski definition) is 2. The summed E-state index contributed by atoms with van der Waals surface area (Å²) in [5.74, 6) is 0.658. The summed E-state index contributed by atoms with van der Waals surface area (Å²) in [4.78, 5) is 16.2. The number of nitrogens with zero attached hydrogens (tertiary/aromatic N) is 1. The average molecular weight is 266 g/mol. The second kappa shape index (κ2) is 5.45. The second-order valence-corrected chi connectivity index (χ2v) is 5.48. The van der Waals surface area contributed by atoms with Crippen LogP contribution in [0.4, 0.5) is 0 Å². The minimum Gasteiger partial charge on any atom is -0.352 e. The molecule has 1 aromatic heterocycles. The standard InChI is InChI=1S/C17H18N2O/c1-12-2-6-14(7-3-12)15-8-16(11-18-10-15)17(20)19-9-13-4-5-13/h2-3,6-8,10-11,13H,4-5,9H2,1H3,(H,19,20). The summed E-state index contributed by atoms with van der Waals surface area (Å²) in [5, 5.41) is 2.97. The normalized spacial score (nSPS) is 14.1. The van der Waals surface area contributed by atoms with E-state index >= 15 is 0 Å². The first kappa shape index (κ1) is 12.9. The fourth-order valence-corrected chi connectivity index (χ4v) is 2.13. The smallest absolute Gasteiger partial charge is 0.252 e. The number of carbonyl (C=O) groups is 1. The Bertz CT molecular complexity index is 615. The SMILES string of the molecule is Cc1ccc(-c2cncc(C(=O)NCC3CC3)c2)cc1. The first-order valence-corrected chi connectivity index (χ1v) is 7.02. The monoisotopic (exact) mass is 266 g/mol. The molecule has 1 amide bonds. The Balaban J connectivity index is 1.77. The van der Waals surface area contributed by atoms with Crippen LogP contribution in [-0.4, -0.2) is 17.4 Å². The van der Waals surface area contributed by atoms with E-state index in [0.717, 1.165) is 17.7 Å². The van der Waals surface area contributed by atoms with Crippen molar-refractivity contribution >= 4 is 5.91 Å². The third-order valence-corrected chi connectivity index (χ3v) is 3.63. The lowest BCUT2D eigenvalue weighted by atomic mass is 10.0. The van der Waals surface area contributed by atoms with Gasteiger partial charge in [-0.05, 0) is 37.3 Å². The number of carbonyl (C=O) groups excluding carboxylic acids is 1. The topological polar surface area (TPSA) is 42.0 Å². The summed E-state index contributed by atoms with van der Waals surface area (Å²) < 4.78 is 0. The minimum absolute atomic E-state index is 0.0293. The summed E-state index contributed by atoms with van der Waals surface area (Å²) in [6.07, 6.45) is 5.89. The first-order valence-electron chi connectivity index (χ1n) is 7.02. The highest BCUT2D eigenvalue weighted by Gasteiger charge is 2.21. The Labute approximate surface area is 119 Å². The van der Waals surface area contributed by atoms with Gasteiger partial charge in [0.25, 0.3) is 5.91 Å². The van der Waals surface area contributed by atoms with E-state index in [0.29, 0.717) is 11.5 Å². The highest BCUT2D eigenvalue weighted by atomic mass is 16.1. The number of hydrogen-bond donors (Lipinski definition) is 1. The number of benzene rings is 1. The van der Waals surface area contributed by atoms with Crippen molar-refractivity contribution in [2.45, 2.75) is 19.8 Å². The van der Waals surface area contributed by atoms with E-state index in [4.69, 9.17) is 0 Å². The van der Waals surface area contributed by atoms with Crippen LogP contribution >= 0.6 is 0 Å². The van der Waals surface area contributed by atoms with Crippen molar-refractivity contribution in [1.82, 2.24) is 10.3 Å². The summed E-state index contributed by atoms with van der Waals surface area (Å²) >= 11 is 0. The van der Waals surface area contributed by atoms with Crippen LogP contribution in [0.3, 0.4) is 0 Å². The lowest BCUT2D eigenvalue weighted by molar-refractivity contribution is 0.0951. The van der Waals surface area contributed by atoms with Gasteiger partial charge in [0.15, 0.2) is 0 Å². The van der Waals surface area contributed by atoms with Crippen LogP contribution in [0.5, 0.6) is 0 Å². The molecule has 3 heteroatoms. The summed E-state index contributed by atoms with van der Waals surface area (Å²) in [7, 11) is 0. The predicted octanol–water partition coefficient (Wildman–Crippen LogP) is 3.20. The van der Waals surface area contributed by atoms with Crippen LogP contribution < -0.4 is 5.32 Å². The summed E-state index contributed by atoms with van der Waals surface area (Å²) in [6, 6.07) is 10.1. The number of nitrogens with one attached hydrogen (secondary N) is 1. The maximum atomic E-state index is 12.1. The summed E-state index contributed by atoms with van der Waals surface area (Å²) in [5.41, 5.74) is 3.91. The Morgan fingerprint density at radius 2 is 1.95 bits per heavy atom. The van der Waals surface area contributed by atoms with E-state index < -0.39 is 0 Å². The van der Waals surface area contributed by atoms with Gasteiger partial charge in [-0.15, -0.1) is 0 Å². The van der Waals surface area contributed by atoms with Gasteiger partial charge in [-0.1, -0.05) is 29.8 Å². The van der Waals surface area contributed by atoms with Crippen LogP contribution in [0.25, 0.3) is 11.1 Å². The van der Waals surface area contributed by atoms with Gasteiger partial charge in [-0.25, -0.2) is 0 Å². The van der Waals surface area contributed by atoms with Crippen LogP contribution in [-0.2, 0) is 0 Å². The van der Waals surface area contributed by atoms with Crippen LogP contribution in [0, 0.1) is 12.8 Å². The Kier molecular flexibility index (Phi) is 3.50. The number of amides is 1. The second-order valence-electron chi connectivity index (χ2n) is 5.48. The lowest BCUT2D eigenvalue weighted by Crippen LogP contribution is -2.25. The molecule has 1 aromatic carbocycles. The fourth-order valence-electron chi connectivity index (χ4n) is 2.13. The molecule has 20 heavy (non-hydrogen) atoms. The van der Waals surface area contributed by atoms with Crippen molar-refractivity contribution in [2.75, 3.05) is 6.54 Å². The molecule has 0 atom stereocenters.